The largest absolute Gasteiger partial charge is 0.436 e. The molecule has 0 aliphatic carbocycles. The zero-order chi connectivity index (χ0) is 22.9. The van der Waals surface area contributed by atoms with Crippen LogP contribution in [0.2, 0.25) is 0 Å². The van der Waals surface area contributed by atoms with E-state index < -0.39 is 24.1 Å². The van der Waals surface area contributed by atoms with Gasteiger partial charge in [-0.3, -0.25) is 14.9 Å². The van der Waals surface area contributed by atoms with Crippen LogP contribution >= 0.6 is 15.9 Å². The molecule has 0 fully saturated rings. The van der Waals surface area contributed by atoms with E-state index in [2.05, 4.69) is 42.0 Å². The number of hydroxylamine groups is 2. The van der Waals surface area contributed by atoms with Crippen molar-refractivity contribution in [1.82, 2.24) is 5.06 Å². The summed E-state index contributed by atoms with van der Waals surface area (Å²) in [4.78, 5) is 42.0. The molecule has 1 aromatic carbocycles. The first-order valence-corrected chi connectivity index (χ1v) is 10.9. The topological polar surface area (TPSA) is 84.9 Å². The van der Waals surface area contributed by atoms with Gasteiger partial charge in [-0.2, -0.15) is 5.06 Å². The molecule has 0 aliphatic heterocycles. The molecular weight excluding hydrogens is 452 g/mol. The lowest BCUT2D eigenvalue weighted by atomic mass is 9.90. The van der Waals surface area contributed by atoms with Gasteiger partial charge in [-0.25, -0.2) is 4.79 Å². The number of carbonyl (C=O) groups is 3. The van der Waals surface area contributed by atoms with Crippen LogP contribution in [0, 0.1) is 11.3 Å². The van der Waals surface area contributed by atoms with Gasteiger partial charge in [0.25, 0.3) is 5.91 Å². The molecule has 1 N–H and O–H groups in total. The summed E-state index contributed by atoms with van der Waals surface area (Å²) in [5.74, 6) is -1.05. The summed E-state index contributed by atoms with van der Waals surface area (Å²) in [6, 6.07) is 6.98. The van der Waals surface area contributed by atoms with Crippen molar-refractivity contribution in [3.8, 4) is 0 Å². The Hall–Kier alpha value is -2.09. The Morgan fingerprint density at radius 3 is 2.23 bits per heavy atom. The Bertz CT molecular complexity index is 713. The van der Waals surface area contributed by atoms with Gasteiger partial charge in [-0.15, -0.1) is 0 Å². The van der Waals surface area contributed by atoms with Crippen LogP contribution in [-0.4, -0.2) is 35.7 Å². The number of rotatable bonds is 8. The average molecular weight is 485 g/mol. The minimum Gasteiger partial charge on any atom is -0.436 e. The number of nitrogens with zero attached hydrogens (tertiary/aromatic N) is 1. The SMILES string of the molecule is CC(=O)ON(CCCC(C)(C)C)C(=O)[C@H](CC(C)C)OC(=O)Nc1ccc(Br)cc1. The Balaban J connectivity index is 2.86. The predicted molar refractivity (Wildman–Crippen MR) is 120 cm³/mol. The molecule has 0 saturated carbocycles. The maximum Gasteiger partial charge on any atom is 0.412 e. The van der Waals surface area contributed by atoms with Crippen molar-refractivity contribution >= 4 is 39.6 Å². The van der Waals surface area contributed by atoms with Gasteiger partial charge in [0.1, 0.15) is 0 Å². The Kier molecular flexibility index (Phi) is 10.3. The molecule has 1 rings (SSSR count). The van der Waals surface area contributed by atoms with Crippen molar-refractivity contribution in [3.05, 3.63) is 28.7 Å². The van der Waals surface area contributed by atoms with Gasteiger partial charge in [0.05, 0.1) is 6.54 Å². The quantitative estimate of drug-likeness (QED) is 0.489. The third kappa shape index (κ3) is 10.6. The highest BCUT2D eigenvalue weighted by Crippen LogP contribution is 2.22. The summed E-state index contributed by atoms with van der Waals surface area (Å²) in [6.07, 6.45) is 0.00639. The molecule has 0 spiro atoms. The summed E-state index contributed by atoms with van der Waals surface area (Å²) in [6.45, 7) is 11.6. The molecule has 2 amide bonds. The summed E-state index contributed by atoms with van der Waals surface area (Å²) >= 11 is 3.33. The number of carbonyl (C=O) groups excluding carboxylic acids is 3. The fourth-order valence-corrected chi connectivity index (χ4v) is 2.97. The molecule has 0 unspecified atom stereocenters. The smallest absolute Gasteiger partial charge is 0.412 e. The first-order valence-electron chi connectivity index (χ1n) is 10.1. The second kappa shape index (κ2) is 11.9. The van der Waals surface area contributed by atoms with Crippen LogP contribution in [0.4, 0.5) is 10.5 Å². The first kappa shape index (κ1) is 25.9. The fraction of sp³-hybridized carbons (Fsp3) is 0.591. The third-order valence-electron chi connectivity index (χ3n) is 4.07. The van der Waals surface area contributed by atoms with Crippen molar-refractivity contribution in [2.75, 3.05) is 11.9 Å². The lowest BCUT2D eigenvalue weighted by Crippen LogP contribution is -2.44. The van der Waals surface area contributed by atoms with Crippen LogP contribution in [0.25, 0.3) is 0 Å². The lowest BCUT2D eigenvalue weighted by Gasteiger charge is -2.27. The van der Waals surface area contributed by atoms with Crippen LogP contribution in [0.3, 0.4) is 0 Å². The standard InChI is InChI=1S/C22H33BrN2O5/c1-15(2)14-19(29-21(28)24-18-10-8-17(23)9-11-18)20(27)25(30-16(3)26)13-7-12-22(4,5)6/h8-11,15,19H,7,12-14H2,1-6H3,(H,24,28)/t19-/m0/s1. The van der Waals surface area contributed by atoms with Gasteiger partial charge >= 0.3 is 12.1 Å². The molecule has 1 aromatic rings. The van der Waals surface area contributed by atoms with Gasteiger partial charge in [-0.05, 0) is 54.9 Å². The van der Waals surface area contributed by atoms with E-state index in [1.54, 1.807) is 24.3 Å². The number of anilines is 1. The van der Waals surface area contributed by atoms with Crippen LogP contribution in [0.15, 0.2) is 28.7 Å². The van der Waals surface area contributed by atoms with Crippen LogP contribution < -0.4 is 5.32 Å². The van der Waals surface area contributed by atoms with Crippen molar-refractivity contribution in [3.63, 3.8) is 0 Å². The van der Waals surface area contributed by atoms with Gasteiger partial charge in [-0.1, -0.05) is 50.5 Å². The maximum atomic E-state index is 13.0. The fourth-order valence-electron chi connectivity index (χ4n) is 2.71. The van der Waals surface area contributed by atoms with Crippen LogP contribution in [-0.2, 0) is 19.2 Å². The number of benzene rings is 1. The zero-order valence-corrected chi connectivity index (χ0v) is 20.2. The normalized spacial score (nSPS) is 12.3. The molecule has 0 heterocycles. The van der Waals surface area contributed by atoms with Gasteiger partial charge in [0.15, 0.2) is 6.10 Å². The van der Waals surface area contributed by atoms with Crippen molar-refractivity contribution < 1.29 is 24.0 Å². The van der Waals surface area contributed by atoms with Crippen LogP contribution in [0.5, 0.6) is 0 Å². The van der Waals surface area contributed by atoms with Crippen molar-refractivity contribution in [1.29, 1.82) is 0 Å². The molecule has 0 aliphatic rings. The van der Waals surface area contributed by atoms with Gasteiger partial charge in [0.2, 0.25) is 0 Å². The Morgan fingerprint density at radius 2 is 1.73 bits per heavy atom. The van der Waals surface area contributed by atoms with E-state index in [0.717, 1.165) is 16.0 Å². The third-order valence-corrected chi connectivity index (χ3v) is 4.60. The molecule has 8 heteroatoms. The number of hydrogen-bond donors (Lipinski definition) is 1. The highest BCUT2D eigenvalue weighted by molar-refractivity contribution is 9.10. The molecule has 7 nitrogen and oxygen atoms in total. The summed E-state index contributed by atoms with van der Waals surface area (Å²) in [5.41, 5.74) is 0.629. The molecule has 0 saturated heterocycles. The second-order valence-corrected chi connectivity index (χ2v) is 9.76. The van der Waals surface area contributed by atoms with E-state index in [-0.39, 0.29) is 17.9 Å². The first-order chi connectivity index (χ1) is 13.9. The predicted octanol–water partition coefficient (Wildman–Crippen LogP) is 5.55. The van der Waals surface area contributed by atoms with E-state index >= 15 is 0 Å². The molecule has 0 bridgehead atoms. The molecule has 168 valence electrons. The summed E-state index contributed by atoms with van der Waals surface area (Å²) < 4.78 is 6.30. The average Bonchev–Trinajstić information content (AvgIpc) is 2.60. The van der Waals surface area contributed by atoms with E-state index in [9.17, 15) is 14.4 Å². The summed E-state index contributed by atoms with van der Waals surface area (Å²) in [7, 11) is 0. The number of hydrogen-bond acceptors (Lipinski definition) is 5. The van der Waals surface area contributed by atoms with Gasteiger partial charge < -0.3 is 9.57 Å². The number of ether oxygens (including phenoxy) is 1. The lowest BCUT2D eigenvalue weighted by molar-refractivity contribution is -0.202. The second-order valence-electron chi connectivity index (χ2n) is 8.84. The van der Waals surface area contributed by atoms with Gasteiger partial charge in [0, 0.05) is 17.1 Å². The zero-order valence-electron chi connectivity index (χ0n) is 18.7. The number of amides is 2. The molecule has 0 aromatic heterocycles. The molecular formula is C22H33BrN2O5. The van der Waals surface area contributed by atoms with E-state index in [4.69, 9.17) is 9.57 Å². The highest BCUT2D eigenvalue weighted by atomic mass is 79.9. The minimum absolute atomic E-state index is 0.0866. The van der Waals surface area contributed by atoms with E-state index in [0.29, 0.717) is 18.5 Å². The van der Waals surface area contributed by atoms with E-state index in [1.807, 2.05) is 13.8 Å². The van der Waals surface area contributed by atoms with Crippen molar-refractivity contribution in [2.45, 2.75) is 66.9 Å². The Morgan fingerprint density at radius 1 is 1.13 bits per heavy atom. The molecule has 0 radical (unpaired) electrons. The summed E-state index contributed by atoms with van der Waals surface area (Å²) in [5, 5.41) is 3.63. The number of halogens is 1. The molecule has 30 heavy (non-hydrogen) atoms. The molecule has 1 atom stereocenters. The van der Waals surface area contributed by atoms with E-state index in [1.165, 1.54) is 6.92 Å². The maximum absolute atomic E-state index is 13.0. The van der Waals surface area contributed by atoms with Crippen LogP contribution in [0.1, 0.15) is 60.8 Å². The number of nitrogens with one attached hydrogen (secondary N) is 1. The van der Waals surface area contributed by atoms with Crippen molar-refractivity contribution in [2.24, 2.45) is 11.3 Å². The Labute approximate surface area is 187 Å². The highest BCUT2D eigenvalue weighted by Gasteiger charge is 2.31. The minimum atomic E-state index is -1.06. The monoisotopic (exact) mass is 484 g/mol.